The van der Waals surface area contributed by atoms with Crippen LogP contribution in [0.25, 0.3) is 0 Å². The Balaban J connectivity index is 1.41. The predicted molar refractivity (Wildman–Crippen MR) is 101 cm³/mol. The molecule has 1 aliphatic carbocycles. The summed E-state index contributed by atoms with van der Waals surface area (Å²) in [6.45, 7) is 2.40. The standard InChI is InChI=1S/C20H25N3O5/c1-20(13-5-3-2-4-6-13)18(25)23(19(26)22-20)12-17(24)21-14-7-8-15-16(11-14)28-10-9-27-15/h7-8,11,13H,2-6,9-10,12H2,1H3,(H,21,24)(H,22,26)/t20-/m0/s1. The van der Waals surface area contributed by atoms with Gasteiger partial charge in [0, 0.05) is 11.8 Å². The van der Waals surface area contributed by atoms with Gasteiger partial charge in [-0.1, -0.05) is 19.3 Å². The zero-order valence-corrected chi connectivity index (χ0v) is 16.0. The number of nitrogens with one attached hydrogen (secondary N) is 2. The van der Waals surface area contributed by atoms with E-state index in [4.69, 9.17) is 9.47 Å². The first-order valence-corrected chi connectivity index (χ1v) is 9.81. The predicted octanol–water partition coefficient (Wildman–Crippen LogP) is 2.29. The summed E-state index contributed by atoms with van der Waals surface area (Å²) in [7, 11) is 0. The van der Waals surface area contributed by atoms with E-state index in [-0.39, 0.29) is 18.4 Å². The lowest BCUT2D eigenvalue weighted by Crippen LogP contribution is -2.51. The molecule has 0 radical (unpaired) electrons. The number of amides is 4. The van der Waals surface area contributed by atoms with Crippen molar-refractivity contribution in [2.24, 2.45) is 5.92 Å². The monoisotopic (exact) mass is 387 g/mol. The number of imide groups is 1. The van der Waals surface area contributed by atoms with Crippen molar-refractivity contribution in [2.45, 2.75) is 44.6 Å². The van der Waals surface area contributed by atoms with Crippen LogP contribution in [0, 0.1) is 5.92 Å². The Morgan fingerprint density at radius 2 is 1.89 bits per heavy atom. The molecule has 1 aromatic carbocycles. The molecule has 1 atom stereocenters. The van der Waals surface area contributed by atoms with Gasteiger partial charge in [0.1, 0.15) is 25.3 Å². The molecular weight excluding hydrogens is 362 g/mol. The Bertz CT molecular complexity index is 805. The quantitative estimate of drug-likeness (QED) is 0.773. The lowest BCUT2D eigenvalue weighted by molar-refractivity contribution is -0.135. The van der Waals surface area contributed by atoms with E-state index in [1.165, 1.54) is 0 Å². The van der Waals surface area contributed by atoms with E-state index in [9.17, 15) is 14.4 Å². The number of hydrogen-bond donors (Lipinski definition) is 2. The molecule has 2 fully saturated rings. The first-order chi connectivity index (χ1) is 13.5. The third-order valence-corrected chi connectivity index (χ3v) is 5.85. The minimum absolute atomic E-state index is 0.114. The van der Waals surface area contributed by atoms with Gasteiger partial charge in [-0.05, 0) is 37.8 Å². The minimum atomic E-state index is -0.922. The average molecular weight is 387 g/mol. The van der Waals surface area contributed by atoms with Crippen molar-refractivity contribution >= 4 is 23.5 Å². The van der Waals surface area contributed by atoms with Crippen LogP contribution in [0.1, 0.15) is 39.0 Å². The summed E-state index contributed by atoms with van der Waals surface area (Å²) in [5, 5.41) is 5.55. The lowest BCUT2D eigenvalue weighted by atomic mass is 9.75. The summed E-state index contributed by atoms with van der Waals surface area (Å²) in [5.74, 6) is 0.545. The molecule has 1 aromatic rings. The summed E-state index contributed by atoms with van der Waals surface area (Å²) < 4.78 is 11.0. The number of fused-ring (bicyclic) bond motifs is 1. The van der Waals surface area contributed by atoms with Crippen molar-refractivity contribution in [2.75, 3.05) is 25.1 Å². The van der Waals surface area contributed by atoms with Crippen LogP contribution in [-0.4, -0.2) is 48.0 Å². The molecule has 1 saturated heterocycles. The zero-order chi connectivity index (χ0) is 19.7. The fraction of sp³-hybridized carbons (Fsp3) is 0.550. The van der Waals surface area contributed by atoms with Crippen LogP contribution in [0.3, 0.4) is 0 Å². The lowest BCUT2D eigenvalue weighted by Gasteiger charge is -2.34. The average Bonchev–Trinajstić information content (AvgIpc) is 2.92. The SMILES string of the molecule is C[C@@]1(C2CCCCC2)NC(=O)N(CC(=O)Nc2ccc3c(c2)OCCO3)C1=O. The highest BCUT2D eigenvalue weighted by atomic mass is 16.6. The molecule has 1 saturated carbocycles. The number of benzene rings is 1. The number of rotatable bonds is 4. The summed E-state index contributed by atoms with van der Waals surface area (Å²) in [4.78, 5) is 38.8. The molecule has 2 heterocycles. The molecule has 4 amide bonds. The molecule has 2 aliphatic heterocycles. The number of carbonyl (C=O) groups is 3. The van der Waals surface area contributed by atoms with E-state index in [0.717, 1.165) is 37.0 Å². The van der Waals surface area contributed by atoms with Crippen molar-refractivity contribution in [1.29, 1.82) is 0 Å². The summed E-state index contributed by atoms with van der Waals surface area (Å²) in [5.41, 5.74) is -0.397. The summed E-state index contributed by atoms with van der Waals surface area (Å²) in [6.07, 6.45) is 5.12. The van der Waals surface area contributed by atoms with E-state index in [1.807, 2.05) is 0 Å². The molecule has 8 nitrogen and oxygen atoms in total. The molecule has 2 N–H and O–H groups in total. The molecule has 0 unspecified atom stereocenters. The number of urea groups is 1. The van der Waals surface area contributed by atoms with Crippen molar-refractivity contribution in [1.82, 2.24) is 10.2 Å². The van der Waals surface area contributed by atoms with Gasteiger partial charge in [0.05, 0.1) is 0 Å². The van der Waals surface area contributed by atoms with Crippen LogP contribution in [0.4, 0.5) is 10.5 Å². The Morgan fingerprint density at radius 3 is 2.64 bits per heavy atom. The number of hydrogen-bond acceptors (Lipinski definition) is 5. The Morgan fingerprint density at radius 1 is 1.18 bits per heavy atom. The maximum Gasteiger partial charge on any atom is 0.325 e. The van der Waals surface area contributed by atoms with Gasteiger partial charge in [0.15, 0.2) is 11.5 Å². The van der Waals surface area contributed by atoms with Gasteiger partial charge in [0.25, 0.3) is 5.91 Å². The van der Waals surface area contributed by atoms with Gasteiger partial charge in [-0.25, -0.2) is 4.79 Å². The normalized spacial score (nSPS) is 24.8. The Hall–Kier alpha value is -2.77. The Kier molecular flexibility index (Phi) is 4.87. The van der Waals surface area contributed by atoms with E-state index in [1.54, 1.807) is 25.1 Å². The van der Waals surface area contributed by atoms with Crippen LogP contribution < -0.4 is 20.1 Å². The number of nitrogens with zero attached hydrogens (tertiary/aromatic N) is 1. The highest BCUT2D eigenvalue weighted by molar-refractivity contribution is 6.10. The van der Waals surface area contributed by atoms with Crippen LogP contribution in [0.2, 0.25) is 0 Å². The second-order valence-corrected chi connectivity index (χ2v) is 7.77. The van der Waals surface area contributed by atoms with E-state index < -0.39 is 17.5 Å². The largest absolute Gasteiger partial charge is 0.486 e. The van der Waals surface area contributed by atoms with Crippen LogP contribution in [0.15, 0.2) is 18.2 Å². The number of ether oxygens (including phenoxy) is 2. The van der Waals surface area contributed by atoms with Crippen molar-refractivity contribution in [3.63, 3.8) is 0 Å². The smallest absolute Gasteiger partial charge is 0.325 e. The molecule has 0 bridgehead atoms. The molecule has 3 aliphatic rings. The maximum atomic E-state index is 12.9. The third kappa shape index (κ3) is 3.39. The number of anilines is 1. The fourth-order valence-corrected chi connectivity index (χ4v) is 4.28. The highest BCUT2D eigenvalue weighted by Crippen LogP contribution is 2.36. The Labute approximate surface area is 163 Å². The second kappa shape index (κ2) is 7.33. The van der Waals surface area contributed by atoms with Crippen LogP contribution >= 0.6 is 0 Å². The maximum absolute atomic E-state index is 12.9. The van der Waals surface area contributed by atoms with Crippen LogP contribution in [-0.2, 0) is 9.59 Å². The molecular formula is C20H25N3O5. The van der Waals surface area contributed by atoms with E-state index in [0.29, 0.717) is 30.4 Å². The molecule has 150 valence electrons. The summed E-state index contributed by atoms with van der Waals surface area (Å²) >= 11 is 0. The van der Waals surface area contributed by atoms with E-state index in [2.05, 4.69) is 10.6 Å². The second-order valence-electron chi connectivity index (χ2n) is 7.77. The van der Waals surface area contributed by atoms with Gasteiger partial charge in [-0.2, -0.15) is 0 Å². The molecule has 0 spiro atoms. The van der Waals surface area contributed by atoms with Gasteiger partial charge in [-0.15, -0.1) is 0 Å². The molecule has 4 rings (SSSR count). The van der Waals surface area contributed by atoms with E-state index >= 15 is 0 Å². The summed E-state index contributed by atoms with van der Waals surface area (Å²) in [6, 6.07) is 4.58. The van der Waals surface area contributed by atoms with Crippen molar-refractivity contribution < 1.29 is 23.9 Å². The molecule has 0 aromatic heterocycles. The van der Waals surface area contributed by atoms with Crippen LogP contribution in [0.5, 0.6) is 11.5 Å². The highest BCUT2D eigenvalue weighted by Gasteiger charge is 2.52. The first-order valence-electron chi connectivity index (χ1n) is 9.81. The minimum Gasteiger partial charge on any atom is -0.486 e. The van der Waals surface area contributed by atoms with Gasteiger partial charge in [0.2, 0.25) is 5.91 Å². The zero-order valence-electron chi connectivity index (χ0n) is 16.0. The number of carbonyl (C=O) groups excluding carboxylic acids is 3. The fourth-order valence-electron chi connectivity index (χ4n) is 4.28. The molecule has 8 heteroatoms. The van der Waals surface area contributed by atoms with Crippen molar-refractivity contribution in [3.05, 3.63) is 18.2 Å². The van der Waals surface area contributed by atoms with Gasteiger partial charge in [-0.3, -0.25) is 14.5 Å². The van der Waals surface area contributed by atoms with Gasteiger partial charge < -0.3 is 20.1 Å². The van der Waals surface area contributed by atoms with Gasteiger partial charge >= 0.3 is 6.03 Å². The topological polar surface area (TPSA) is 97.0 Å². The third-order valence-electron chi connectivity index (χ3n) is 5.85. The first kappa shape index (κ1) is 18.6. The molecule has 28 heavy (non-hydrogen) atoms. The van der Waals surface area contributed by atoms with Crippen molar-refractivity contribution in [3.8, 4) is 11.5 Å².